The molecule has 2 heteroatoms. The summed E-state index contributed by atoms with van der Waals surface area (Å²) in [5.74, 6) is 1.55. The van der Waals surface area contributed by atoms with Crippen molar-refractivity contribution in [3.05, 3.63) is 36.8 Å². The summed E-state index contributed by atoms with van der Waals surface area (Å²) in [7, 11) is 0. The largest absolute Gasteiger partial charge is 0.347 e. The maximum atomic E-state index is 4.40. The predicted octanol–water partition coefficient (Wildman–Crippen LogP) is 2.86. The molecule has 0 aliphatic carbocycles. The van der Waals surface area contributed by atoms with Crippen LogP contribution in [-0.2, 0) is 0 Å². The Bertz CT molecular complexity index is 295. The van der Waals surface area contributed by atoms with E-state index in [4.69, 9.17) is 0 Å². The average molecular weight is 190 g/mol. The van der Waals surface area contributed by atoms with Crippen molar-refractivity contribution in [3.8, 4) is 0 Å². The van der Waals surface area contributed by atoms with Gasteiger partial charge in [-0.3, -0.25) is 0 Å². The van der Waals surface area contributed by atoms with Gasteiger partial charge in [-0.15, -0.1) is 0 Å². The van der Waals surface area contributed by atoms with Gasteiger partial charge in [0, 0.05) is 5.71 Å². The number of allylic oxidation sites excluding steroid dienone is 3. The summed E-state index contributed by atoms with van der Waals surface area (Å²) in [5, 5.41) is 3.04. The van der Waals surface area contributed by atoms with Gasteiger partial charge < -0.3 is 5.32 Å². The molecule has 0 fully saturated rings. The van der Waals surface area contributed by atoms with Gasteiger partial charge in [0.25, 0.3) is 0 Å². The number of nitrogens with one attached hydrogen (secondary N) is 1. The van der Waals surface area contributed by atoms with Gasteiger partial charge in [-0.05, 0) is 24.1 Å². The first-order valence-corrected chi connectivity index (χ1v) is 4.98. The fourth-order valence-electron chi connectivity index (χ4n) is 1.16. The van der Waals surface area contributed by atoms with Crippen LogP contribution in [0.3, 0.4) is 0 Å². The van der Waals surface area contributed by atoms with E-state index >= 15 is 0 Å². The smallest absolute Gasteiger partial charge is 0.122 e. The van der Waals surface area contributed by atoms with Gasteiger partial charge >= 0.3 is 0 Å². The molecule has 1 unspecified atom stereocenters. The lowest BCUT2D eigenvalue weighted by molar-refractivity contribution is 0.879. The van der Waals surface area contributed by atoms with Crippen molar-refractivity contribution in [1.29, 1.82) is 0 Å². The summed E-state index contributed by atoms with van der Waals surface area (Å²) in [6.07, 6.45) is 8.21. The second-order valence-corrected chi connectivity index (χ2v) is 3.86. The molecule has 0 radical (unpaired) electrons. The van der Waals surface area contributed by atoms with E-state index in [-0.39, 0.29) is 0 Å². The van der Waals surface area contributed by atoms with Crippen LogP contribution in [0.25, 0.3) is 0 Å². The zero-order valence-electron chi connectivity index (χ0n) is 9.12. The minimum absolute atomic E-state index is 0.426. The molecule has 1 aliphatic rings. The van der Waals surface area contributed by atoms with Crippen LogP contribution in [-0.4, -0.2) is 5.71 Å². The Morgan fingerprint density at radius 2 is 2.14 bits per heavy atom. The standard InChI is InChI=1S/C12H18N2/c1-9(2)12-6-5-10(3)7-8-13-11(4)14-12/h5-10,13H,4H2,1-3H3/b6-5-,8-7-,14-12?. The fourth-order valence-corrected chi connectivity index (χ4v) is 1.16. The highest BCUT2D eigenvalue weighted by Gasteiger charge is 2.03. The molecule has 1 N–H and O–H groups in total. The topological polar surface area (TPSA) is 24.4 Å². The molecule has 0 bridgehead atoms. The maximum Gasteiger partial charge on any atom is 0.122 e. The number of rotatable bonds is 1. The molecule has 0 aromatic heterocycles. The monoisotopic (exact) mass is 190 g/mol. The van der Waals surface area contributed by atoms with Crippen LogP contribution < -0.4 is 5.32 Å². The molecule has 0 spiro atoms. The Balaban J connectivity index is 2.92. The fraction of sp³-hybridized carbons (Fsp3) is 0.417. The van der Waals surface area contributed by atoms with Crippen molar-refractivity contribution < 1.29 is 0 Å². The minimum Gasteiger partial charge on any atom is -0.347 e. The van der Waals surface area contributed by atoms with Gasteiger partial charge in [-0.1, -0.05) is 39.5 Å². The lowest BCUT2D eigenvalue weighted by Crippen LogP contribution is -2.08. The van der Waals surface area contributed by atoms with Crippen LogP contribution in [0.1, 0.15) is 20.8 Å². The molecule has 0 amide bonds. The molecule has 1 heterocycles. The van der Waals surface area contributed by atoms with E-state index in [1.165, 1.54) is 0 Å². The molecular weight excluding hydrogens is 172 g/mol. The zero-order valence-corrected chi connectivity index (χ0v) is 9.12. The van der Waals surface area contributed by atoms with E-state index in [2.05, 4.69) is 55.9 Å². The molecule has 1 aliphatic heterocycles. The van der Waals surface area contributed by atoms with Crippen LogP contribution in [0.4, 0.5) is 0 Å². The summed E-state index contributed by atoms with van der Waals surface area (Å²) < 4.78 is 0. The minimum atomic E-state index is 0.426. The van der Waals surface area contributed by atoms with Crippen LogP contribution in [0.15, 0.2) is 41.8 Å². The summed E-state index contributed by atoms with van der Waals surface area (Å²) >= 11 is 0. The van der Waals surface area contributed by atoms with Crippen LogP contribution >= 0.6 is 0 Å². The SMILES string of the molecule is C=C1N=C(C(C)C)/C=C\C(C)/C=C\N1. The molecule has 0 saturated carbocycles. The normalized spacial score (nSPS) is 27.0. The van der Waals surface area contributed by atoms with Crippen molar-refractivity contribution in [1.82, 2.24) is 5.32 Å². The first kappa shape index (κ1) is 10.8. The van der Waals surface area contributed by atoms with Gasteiger partial charge in [-0.25, -0.2) is 4.99 Å². The van der Waals surface area contributed by atoms with Crippen molar-refractivity contribution in [2.24, 2.45) is 16.8 Å². The predicted molar refractivity (Wildman–Crippen MR) is 62.0 cm³/mol. The van der Waals surface area contributed by atoms with Crippen LogP contribution in [0, 0.1) is 11.8 Å². The highest BCUT2D eigenvalue weighted by atomic mass is 15.0. The van der Waals surface area contributed by atoms with E-state index in [1.54, 1.807) is 0 Å². The van der Waals surface area contributed by atoms with Crippen LogP contribution in [0.2, 0.25) is 0 Å². The van der Waals surface area contributed by atoms with E-state index in [0.717, 1.165) is 5.71 Å². The zero-order chi connectivity index (χ0) is 10.6. The first-order chi connectivity index (χ1) is 6.59. The number of hydrogen-bond donors (Lipinski definition) is 1. The molecule has 14 heavy (non-hydrogen) atoms. The average Bonchev–Trinajstić information content (AvgIpc) is 2.17. The van der Waals surface area contributed by atoms with Crippen molar-refractivity contribution in [2.75, 3.05) is 0 Å². The van der Waals surface area contributed by atoms with E-state index in [9.17, 15) is 0 Å². The Hall–Kier alpha value is -1.31. The van der Waals surface area contributed by atoms with Crippen molar-refractivity contribution in [3.63, 3.8) is 0 Å². The Morgan fingerprint density at radius 1 is 1.43 bits per heavy atom. The lowest BCUT2D eigenvalue weighted by atomic mass is 10.1. The summed E-state index contributed by atoms with van der Waals surface area (Å²) in [5.41, 5.74) is 1.07. The first-order valence-electron chi connectivity index (χ1n) is 4.98. The Labute approximate surface area is 86.1 Å². The van der Waals surface area contributed by atoms with E-state index < -0.39 is 0 Å². The van der Waals surface area contributed by atoms with Gasteiger partial charge in [0.2, 0.25) is 0 Å². The summed E-state index contributed by atoms with van der Waals surface area (Å²) in [6, 6.07) is 0. The third-order valence-corrected chi connectivity index (χ3v) is 2.08. The molecule has 2 nitrogen and oxygen atoms in total. The molecule has 1 rings (SSSR count). The molecule has 0 aromatic rings. The second-order valence-electron chi connectivity index (χ2n) is 3.86. The van der Waals surface area contributed by atoms with Gasteiger partial charge in [0.05, 0.1) is 0 Å². The van der Waals surface area contributed by atoms with Gasteiger partial charge in [0.15, 0.2) is 0 Å². The molecule has 76 valence electrons. The Morgan fingerprint density at radius 3 is 2.79 bits per heavy atom. The Kier molecular flexibility index (Phi) is 3.69. The van der Waals surface area contributed by atoms with Crippen LogP contribution in [0.5, 0.6) is 0 Å². The molecule has 0 aromatic carbocycles. The number of hydrogen-bond acceptors (Lipinski definition) is 2. The van der Waals surface area contributed by atoms with E-state index in [1.807, 2.05) is 6.20 Å². The van der Waals surface area contributed by atoms with E-state index in [0.29, 0.717) is 17.7 Å². The summed E-state index contributed by atoms with van der Waals surface area (Å²) in [4.78, 5) is 4.40. The number of nitrogens with zero attached hydrogens (tertiary/aromatic N) is 1. The molecule has 1 atom stereocenters. The highest BCUT2D eigenvalue weighted by molar-refractivity contribution is 5.97. The molecular formula is C12H18N2. The third-order valence-electron chi connectivity index (χ3n) is 2.08. The van der Waals surface area contributed by atoms with Crippen molar-refractivity contribution in [2.45, 2.75) is 20.8 Å². The second kappa shape index (κ2) is 4.80. The highest BCUT2D eigenvalue weighted by Crippen LogP contribution is 2.07. The lowest BCUT2D eigenvalue weighted by Gasteiger charge is -2.06. The number of aliphatic imine (C=N–C) groups is 1. The van der Waals surface area contributed by atoms with Crippen molar-refractivity contribution >= 4 is 5.71 Å². The molecule has 0 saturated heterocycles. The quantitative estimate of drug-likeness (QED) is 0.675. The summed E-state index contributed by atoms with van der Waals surface area (Å²) in [6.45, 7) is 10.2. The maximum absolute atomic E-state index is 4.40. The van der Waals surface area contributed by atoms with Gasteiger partial charge in [-0.2, -0.15) is 0 Å². The third kappa shape index (κ3) is 3.21. The van der Waals surface area contributed by atoms with Gasteiger partial charge in [0.1, 0.15) is 5.82 Å².